The molecule has 0 bridgehead atoms. The van der Waals surface area contributed by atoms with E-state index < -0.39 is 18.8 Å². The molecule has 0 saturated heterocycles. The molecule has 0 saturated carbocycles. The van der Waals surface area contributed by atoms with Crippen molar-refractivity contribution in [1.82, 2.24) is 0 Å². The molecule has 2 aromatic rings. The van der Waals surface area contributed by atoms with E-state index >= 15 is 0 Å². The summed E-state index contributed by atoms with van der Waals surface area (Å²) in [6, 6.07) is 12.3. The number of nitrogens with one attached hydrogen (secondary N) is 1. The van der Waals surface area contributed by atoms with Gasteiger partial charge in [-0.15, -0.1) is 0 Å². The zero-order valence-electron chi connectivity index (χ0n) is 13.9. The molecule has 1 N–H and O–H groups in total. The number of hydrogen-bond acceptors (Lipinski definition) is 2. The summed E-state index contributed by atoms with van der Waals surface area (Å²) in [7, 11) is 0. The van der Waals surface area contributed by atoms with Crippen molar-refractivity contribution in [2.45, 2.75) is 19.1 Å². The third kappa shape index (κ3) is 2.76. The Labute approximate surface area is 153 Å². The summed E-state index contributed by atoms with van der Waals surface area (Å²) in [6.07, 6.45) is -0.860. The Morgan fingerprint density at radius 1 is 1.08 bits per heavy atom. The van der Waals surface area contributed by atoms with Crippen LogP contribution in [0.25, 0.3) is 10.6 Å². The van der Waals surface area contributed by atoms with Crippen molar-refractivity contribution in [3.8, 4) is 0 Å². The minimum absolute atomic E-state index is 0.477. The van der Waals surface area contributed by atoms with Crippen LogP contribution in [0.3, 0.4) is 0 Å². The van der Waals surface area contributed by atoms with Crippen LogP contribution >= 0.6 is 11.6 Å². The van der Waals surface area contributed by atoms with Gasteiger partial charge in [0.25, 0.3) is 0 Å². The highest BCUT2D eigenvalue weighted by atomic mass is 35.5. The molecular weight excluding hydrogens is 361 g/mol. The Kier molecular flexibility index (Phi) is 3.99. The number of allylic oxidation sites excluding steroid dienone is 1. The standard InChI is InChI=1S/C20H16ClF3N2/c1-12-17-16(8-7-15-18(17)14(21)9-10-25-15)26(11-20(22,23)24)19(12)13-5-3-2-4-6-13/h2-10,19,25H,11H2,1H3. The predicted octanol–water partition coefficient (Wildman–Crippen LogP) is 4.27. The van der Waals surface area contributed by atoms with Gasteiger partial charge in [-0.1, -0.05) is 41.9 Å². The third-order valence-electron chi connectivity index (χ3n) is 4.78. The molecule has 134 valence electrons. The van der Waals surface area contributed by atoms with Crippen molar-refractivity contribution >= 4 is 33.6 Å². The Morgan fingerprint density at radius 2 is 1.81 bits per heavy atom. The van der Waals surface area contributed by atoms with Crippen molar-refractivity contribution in [3.63, 3.8) is 0 Å². The Morgan fingerprint density at radius 3 is 2.50 bits per heavy atom. The molecule has 2 aliphatic heterocycles. The summed E-state index contributed by atoms with van der Waals surface area (Å²) in [5.74, 6) is 0. The molecule has 0 spiro atoms. The van der Waals surface area contributed by atoms with Gasteiger partial charge in [0.1, 0.15) is 6.54 Å². The van der Waals surface area contributed by atoms with E-state index in [-0.39, 0.29) is 0 Å². The lowest BCUT2D eigenvalue weighted by Crippen LogP contribution is -2.37. The first-order valence-corrected chi connectivity index (χ1v) is 8.59. The number of anilines is 2. The largest absolute Gasteiger partial charge is 0.405 e. The molecule has 2 nitrogen and oxygen atoms in total. The molecule has 2 aliphatic rings. The van der Waals surface area contributed by atoms with Crippen molar-refractivity contribution in [3.05, 3.63) is 70.7 Å². The average molecular weight is 377 g/mol. The van der Waals surface area contributed by atoms with E-state index in [1.165, 1.54) is 4.90 Å². The van der Waals surface area contributed by atoms with Gasteiger partial charge in [-0.3, -0.25) is 0 Å². The average Bonchev–Trinajstić information content (AvgIpc) is 2.86. The van der Waals surface area contributed by atoms with E-state index in [2.05, 4.69) is 5.32 Å². The molecule has 0 amide bonds. The summed E-state index contributed by atoms with van der Waals surface area (Å²) in [6.45, 7) is 0.867. The second kappa shape index (κ2) is 6.09. The summed E-state index contributed by atoms with van der Waals surface area (Å²) < 4.78 is 40.0. The summed E-state index contributed by atoms with van der Waals surface area (Å²) in [5.41, 5.74) is 3.05. The van der Waals surface area contributed by atoms with Crippen LogP contribution in [0.4, 0.5) is 24.5 Å². The van der Waals surface area contributed by atoms with Crippen LogP contribution < -0.4 is 20.7 Å². The van der Waals surface area contributed by atoms with Gasteiger partial charge in [-0.2, -0.15) is 13.2 Å². The molecule has 4 rings (SSSR count). The first kappa shape index (κ1) is 17.0. The van der Waals surface area contributed by atoms with Crippen LogP contribution in [0.15, 0.2) is 54.7 Å². The maximum Gasteiger partial charge on any atom is 0.405 e. The van der Waals surface area contributed by atoms with Crippen LogP contribution in [0.1, 0.15) is 18.5 Å². The highest BCUT2D eigenvalue weighted by molar-refractivity contribution is 6.47. The van der Waals surface area contributed by atoms with Crippen LogP contribution in [0, 0.1) is 0 Å². The number of fused-ring (bicyclic) bond motifs is 3. The maximum absolute atomic E-state index is 13.3. The van der Waals surface area contributed by atoms with Crippen molar-refractivity contribution < 1.29 is 13.2 Å². The zero-order valence-corrected chi connectivity index (χ0v) is 14.7. The monoisotopic (exact) mass is 376 g/mol. The molecule has 1 unspecified atom stereocenters. The minimum Gasteiger partial charge on any atom is -0.361 e. The van der Waals surface area contributed by atoms with Gasteiger partial charge < -0.3 is 10.2 Å². The molecule has 26 heavy (non-hydrogen) atoms. The van der Waals surface area contributed by atoms with E-state index in [1.807, 2.05) is 37.3 Å². The normalized spacial score (nSPS) is 18.7. The molecule has 0 aromatic heterocycles. The molecule has 0 fully saturated rings. The van der Waals surface area contributed by atoms with Crippen LogP contribution in [-0.2, 0) is 0 Å². The highest BCUT2D eigenvalue weighted by Crippen LogP contribution is 2.38. The molecule has 0 aliphatic carbocycles. The van der Waals surface area contributed by atoms with E-state index in [4.69, 9.17) is 11.6 Å². The topological polar surface area (TPSA) is 15.3 Å². The number of rotatable bonds is 2. The van der Waals surface area contributed by atoms with Gasteiger partial charge in [0.2, 0.25) is 0 Å². The van der Waals surface area contributed by atoms with Crippen molar-refractivity contribution in [1.29, 1.82) is 0 Å². The second-order valence-electron chi connectivity index (χ2n) is 6.45. The molecule has 6 heteroatoms. The summed E-state index contributed by atoms with van der Waals surface area (Å²) >= 11 is 6.41. The smallest absolute Gasteiger partial charge is 0.361 e. The fraction of sp³-hybridized carbons (Fsp3) is 0.200. The van der Waals surface area contributed by atoms with E-state index in [0.717, 1.165) is 27.3 Å². The van der Waals surface area contributed by atoms with Gasteiger partial charge in [0, 0.05) is 28.0 Å². The quantitative estimate of drug-likeness (QED) is 0.842. The Hall–Kier alpha value is -2.40. The van der Waals surface area contributed by atoms with E-state index in [1.54, 1.807) is 24.4 Å². The number of alkyl halides is 3. The van der Waals surface area contributed by atoms with Crippen LogP contribution in [0.2, 0.25) is 0 Å². The van der Waals surface area contributed by atoms with Gasteiger partial charge in [0.05, 0.1) is 11.1 Å². The second-order valence-corrected chi connectivity index (χ2v) is 6.85. The van der Waals surface area contributed by atoms with Crippen LogP contribution in [-0.4, -0.2) is 12.7 Å². The number of hydrogen-bond donors (Lipinski definition) is 1. The summed E-state index contributed by atoms with van der Waals surface area (Å²) in [5, 5.41) is 5.18. The molecule has 2 heterocycles. The predicted molar refractivity (Wildman–Crippen MR) is 99.4 cm³/mol. The first-order valence-electron chi connectivity index (χ1n) is 8.22. The number of halogens is 4. The first-order chi connectivity index (χ1) is 12.4. The fourth-order valence-electron chi connectivity index (χ4n) is 3.83. The molecular formula is C20H16ClF3N2. The lowest BCUT2D eigenvalue weighted by molar-refractivity contribution is -0.120. The number of nitrogens with zero attached hydrogens (tertiary/aromatic N) is 1. The highest BCUT2D eigenvalue weighted by Gasteiger charge is 2.39. The van der Waals surface area contributed by atoms with E-state index in [0.29, 0.717) is 10.7 Å². The van der Waals surface area contributed by atoms with Gasteiger partial charge in [-0.05, 0) is 36.3 Å². The zero-order chi connectivity index (χ0) is 18.5. The molecule has 1 atom stereocenters. The maximum atomic E-state index is 13.3. The van der Waals surface area contributed by atoms with Crippen LogP contribution in [0.5, 0.6) is 0 Å². The fourth-order valence-corrected chi connectivity index (χ4v) is 4.09. The van der Waals surface area contributed by atoms with Gasteiger partial charge >= 0.3 is 6.18 Å². The van der Waals surface area contributed by atoms with Crippen molar-refractivity contribution in [2.24, 2.45) is 0 Å². The SMILES string of the molecule is CC1=c2c(ccc3c2=C(Cl)C=CN3)N(CC(F)(F)F)C1c1ccccc1. The van der Waals surface area contributed by atoms with Crippen molar-refractivity contribution in [2.75, 3.05) is 16.8 Å². The lowest BCUT2D eigenvalue weighted by Gasteiger charge is -2.30. The Balaban J connectivity index is 2.02. The lowest BCUT2D eigenvalue weighted by atomic mass is 9.99. The number of benzene rings is 2. The van der Waals surface area contributed by atoms with Gasteiger partial charge in [0.15, 0.2) is 0 Å². The third-order valence-corrected chi connectivity index (χ3v) is 5.10. The van der Waals surface area contributed by atoms with E-state index in [9.17, 15) is 13.2 Å². The molecule has 0 radical (unpaired) electrons. The minimum atomic E-state index is -4.31. The molecule has 2 aromatic carbocycles. The van der Waals surface area contributed by atoms with Gasteiger partial charge in [-0.25, -0.2) is 0 Å². The summed E-state index contributed by atoms with van der Waals surface area (Å²) in [4.78, 5) is 1.42. The Bertz CT molecular complexity index is 1010.